The van der Waals surface area contributed by atoms with E-state index in [1.165, 1.54) is 47.7 Å². The number of fused-ring (bicyclic) bond motifs is 1. The second-order valence-corrected chi connectivity index (χ2v) is 9.72. The molecule has 0 aliphatic rings. The summed E-state index contributed by atoms with van der Waals surface area (Å²) in [4.78, 5) is 26.0. The summed E-state index contributed by atoms with van der Waals surface area (Å²) in [5, 5.41) is 12.9. The molecule has 0 aliphatic heterocycles. The molecule has 1 aromatic carbocycles. The number of aromatic amines is 1. The SMILES string of the molecule is CON=O.C\C=C(/C=C\C=C\c1ccc2[nH]c(C)c(CC(C)(C)CO)c2c1)CCCCCCNNC=O. The third-order valence-corrected chi connectivity index (χ3v) is 6.06. The summed E-state index contributed by atoms with van der Waals surface area (Å²) in [6.45, 7) is 9.39. The number of H-pyrrole nitrogens is 1. The Morgan fingerprint density at radius 2 is 1.92 bits per heavy atom. The fourth-order valence-corrected chi connectivity index (χ4v) is 3.95. The number of rotatable bonds is 16. The molecule has 0 spiro atoms. The Bertz CT molecular complexity index is 1040. The van der Waals surface area contributed by atoms with Gasteiger partial charge in [-0.1, -0.05) is 68.7 Å². The summed E-state index contributed by atoms with van der Waals surface area (Å²) in [7, 11) is 1.20. The van der Waals surface area contributed by atoms with Crippen LogP contribution in [0.1, 0.15) is 69.7 Å². The maximum absolute atomic E-state index is 10.2. The van der Waals surface area contributed by atoms with Crippen molar-refractivity contribution in [3.8, 4) is 0 Å². The summed E-state index contributed by atoms with van der Waals surface area (Å²) in [5.41, 5.74) is 11.3. The van der Waals surface area contributed by atoms with Crippen molar-refractivity contribution in [2.45, 2.75) is 66.2 Å². The van der Waals surface area contributed by atoms with E-state index in [2.05, 4.69) is 96.9 Å². The minimum absolute atomic E-state index is 0.137. The molecule has 204 valence electrons. The van der Waals surface area contributed by atoms with Crippen LogP contribution >= 0.6 is 0 Å². The molecule has 0 atom stereocenters. The lowest BCUT2D eigenvalue weighted by Gasteiger charge is -2.21. The van der Waals surface area contributed by atoms with Gasteiger partial charge in [0, 0.05) is 29.7 Å². The zero-order valence-electron chi connectivity index (χ0n) is 23.0. The van der Waals surface area contributed by atoms with E-state index >= 15 is 0 Å². The average molecular weight is 513 g/mol. The molecule has 8 nitrogen and oxygen atoms in total. The highest BCUT2D eigenvalue weighted by Crippen LogP contribution is 2.30. The number of carbonyl (C=O) groups excluding carboxylic acids is 1. The van der Waals surface area contributed by atoms with Crippen LogP contribution in [-0.2, 0) is 16.1 Å². The van der Waals surface area contributed by atoms with Gasteiger partial charge in [0.05, 0.1) is 0 Å². The van der Waals surface area contributed by atoms with Crippen molar-refractivity contribution in [1.82, 2.24) is 15.8 Å². The maximum Gasteiger partial charge on any atom is 0.221 e. The number of aliphatic hydroxyl groups excluding tert-OH is 1. The number of allylic oxidation sites excluding steroid dienone is 5. The van der Waals surface area contributed by atoms with Crippen molar-refractivity contribution in [3.05, 3.63) is 69.8 Å². The maximum atomic E-state index is 10.2. The smallest absolute Gasteiger partial charge is 0.221 e. The first kappa shape index (κ1) is 31.8. The number of hydrazine groups is 1. The number of hydrogen-bond acceptors (Lipinski definition) is 6. The average Bonchev–Trinajstić information content (AvgIpc) is 3.20. The first-order valence-corrected chi connectivity index (χ1v) is 12.8. The van der Waals surface area contributed by atoms with Gasteiger partial charge in [0.25, 0.3) is 0 Å². The molecular formula is C29H44N4O4. The van der Waals surface area contributed by atoms with Crippen molar-refractivity contribution in [2.24, 2.45) is 10.8 Å². The second-order valence-electron chi connectivity index (χ2n) is 9.72. The molecule has 0 radical (unpaired) electrons. The van der Waals surface area contributed by atoms with E-state index in [0.29, 0.717) is 6.41 Å². The minimum Gasteiger partial charge on any atom is -0.396 e. The van der Waals surface area contributed by atoms with Crippen LogP contribution < -0.4 is 10.9 Å². The highest BCUT2D eigenvalue weighted by atomic mass is 16.7. The summed E-state index contributed by atoms with van der Waals surface area (Å²) in [6, 6.07) is 6.52. The van der Waals surface area contributed by atoms with Crippen LogP contribution in [0.15, 0.2) is 53.4 Å². The molecule has 2 aromatic rings. The Morgan fingerprint density at radius 3 is 2.57 bits per heavy atom. The summed E-state index contributed by atoms with van der Waals surface area (Å²) in [5.74, 6) is 0. The summed E-state index contributed by atoms with van der Waals surface area (Å²) < 4.78 is 0. The van der Waals surface area contributed by atoms with E-state index in [-0.39, 0.29) is 12.0 Å². The monoisotopic (exact) mass is 512 g/mol. The van der Waals surface area contributed by atoms with E-state index in [4.69, 9.17) is 4.91 Å². The number of aryl methyl sites for hydroxylation is 1. The molecule has 0 unspecified atom stereocenters. The number of unbranched alkanes of at least 4 members (excludes halogenated alkanes) is 3. The number of nitrogens with zero attached hydrogens (tertiary/aromatic N) is 1. The van der Waals surface area contributed by atoms with Crippen molar-refractivity contribution in [3.63, 3.8) is 0 Å². The van der Waals surface area contributed by atoms with Gasteiger partial charge in [0.2, 0.25) is 6.41 Å². The van der Waals surface area contributed by atoms with E-state index in [1.54, 1.807) is 0 Å². The lowest BCUT2D eigenvalue weighted by Crippen LogP contribution is -2.30. The molecule has 0 fully saturated rings. The topological polar surface area (TPSA) is 116 Å². The third kappa shape index (κ3) is 12.5. The molecule has 1 aromatic heterocycles. The molecule has 0 saturated heterocycles. The second kappa shape index (κ2) is 18.1. The van der Waals surface area contributed by atoms with Crippen LogP contribution in [0.2, 0.25) is 0 Å². The zero-order chi connectivity index (χ0) is 27.5. The summed E-state index contributed by atoms with van der Waals surface area (Å²) >= 11 is 0. The van der Waals surface area contributed by atoms with Crippen molar-refractivity contribution in [1.29, 1.82) is 0 Å². The normalized spacial score (nSPS) is 12.1. The first-order chi connectivity index (χ1) is 17.8. The summed E-state index contributed by atoms with van der Waals surface area (Å²) in [6.07, 6.45) is 17.9. The predicted octanol–water partition coefficient (Wildman–Crippen LogP) is 6.07. The van der Waals surface area contributed by atoms with Gasteiger partial charge < -0.3 is 14.9 Å². The quantitative estimate of drug-likeness (QED) is 0.0716. The lowest BCUT2D eigenvalue weighted by molar-refractivity contribution is -0.110. The fourth-order valence-electron chi connectivity index (χ4n) is 3.95. The lowest BCUT2D eigenvalue weighted by atomic mass is 9.85. The third-order valence-electron chi connectivity index (χ3n) is 6.06. The number of aliphatic hydroxyl groups is 1. The molecule has 1 amide bonds. The predicted molar refractivity (Wildman–Crippen MR) is 153 cm³/mol. The van der Waals surface area contributed by atoms with E-state index in [1.807, 2.05) is 5.34 Å². The Labute approximate surface area is 221 Å². The van der Waals surface area contributed by atoms with Gasteiger partial charge in [-0.05, 0) is 68.2 Å². The van der Waals surface area contributed by atoms with Gasteiger partial charge >= 0.3 is 0 Å². The van der Waals surface area contributed by atoms with Crippen molar-refractivity contribution in [2.75, 3.05) is 20.3 Å². The number of benzene rings is 1. The number of hydrogen-bond donors (Lipinski definition) is 4. The van der Waals surface area contributed by atoms with Gasteiger partial charge in [-0.15, -0.1) is 4.91 Å². The molecule has 4 N–H and O–H groups in total. The molecule has 1 heterocycles. The van der Waals surface area contributed by atoms with Gasteiger partial charge in [-0.25, -0.2) is 5.43 Å². The zero-order valence-corrected chi connectivity index (χ0v) is 23.0. The van der Waals surface area contributed by atoms with E-state index in [0.717, 1.165) is 37.7 Å². The van der Waals surface area contributed by atoms with Crippen molar-refractivity contribution < 1.29 is 14.7 Å². The van der Waals surface area contributed by atoms with Gasteiger partial charge in [-0.2, -0.15) is 0 Å². The van der Waals surface area contributed by atoms with E-state index in [9.17, 15) is 9.90 Å². The fraction of sp³-hybridized carbons (Fsp3) is 0.483. The minimum atomic E-state index is -0.137. The van der Waals surface area contributed by atoms with Crippen LogP contribution in [0.3, 0.4) is 0 Å². The van der Waals surface area contributed by atoms with Crippen molar-refractivity contribution >= 4 is 23.4 Å². The van der Waals surface area contributed by atoms with E-state index < -0.39 is 0 Å². The highest BCUT2D eigenvalue weighted by molar-refractivity contribution is 5.87. The molecule has 0 bridgehead atoms. The highest BCUT2D eigenvalue weighted by Gasteiger charge is 2.21. The van der Waals surface area contributed by atoms with Crippen LogP contribution in [0.25, 0.3) is 17.0 Å². The Morgan fingerprint density at radius 1 is 1.19 bits per heavy atom. The van der Waals surface area contributed by atoms with Crippen LogP contribution in [0.5, 0.6) is 0 Å². The van der Waals surface area contributed by atoms with Gasteiger partial charge in [0.15, 0.2) is 5.34 Å². The van der Waals surface area contributed by atoms with Crippen LogP contribution in [0.4, 0.5) is 0 Å². The Balaban J connectivity index is 0.00000159. The number of aromatic nitrogens is 1. The molecule has 0 aliphatic carbocycles. The first-order valence-electron chi connectivity index (χ1n) is 12.8. The van der Waals surface area contributed by atoms with Gasteiger partial charge in [0.1, 0.15) is 7.11 Å². The van der Waals surface area contributed by atoms with Crippen LogP contribution in [0, 0.1) is 17.2 Å². The number of carbonyl (C=O) groups is 1. The largest absolute Gasteiger partial charge is 0.396 e. The molecular weight excluding hydrogens is 468 g/mol. The molecule has 8 heteroatoms. The van der Waals surface area contributed by atoms with Crippen LogP contribution in [-0.4, -0.2) is 36.8 Å². The molecule has 0 saturated carbocycles. The standard InChI is InChI=1S/C28H41N3O2.CH3NO2/c1-5-23(12-8-6-7-11-17-29-30-21-33)13-9-10-14-24-15-16-27-25(18-24)26(22(2)31-27)19-28(3,4)20-32;1-4-2-3/h5,9-10,13-16,18,21,29,31-32H,6-8,11-12,17,19-20H2,1-4H3,(H,30,33);1H3/b13-9-,14-10+,23-5-;. The Kier molecular flexibility index (Phi) is 15.5. The van der Waals surface area contributed by atoms with Gasteiger partial charge in [-0.3, -0.25) is 10.2 Å². The number of nitrogens with one attached hydrogen (secondary N) is 3. The molecule has 37 heavy (non-hydrogen) atoms. The molecule has 2 rings (SSSR count). The Hall–Kier alpha value is -3.23. The number of amides is 1.